The molecule has 0 bridgehead atoms. The lowest BCUT2D eigenvalue weighted by Crippen LogP contribution is -2.17. The van der Waals surface area contributed by atoms with E-state index in [1.54, 1.807) is 0 Å². The maximum absolute atomic E-state index is 6.41. The zero-order valence-corrected chi connectivity index (χ0v) is 10.9. The van der Waals surface area contributed by atoms with Crippen LogP contribution in [0.5, 0.6) is 0 Å². The van der Waals surface area contributed by atoms with Crippen molar-refractivity contribution in [2.45, 2.75) is 40.7 Å². The van der Waals surface area contributed by atoms with Gasteiger partial charge in [0.2, 0.25) is 0 Å². The predicted molar refractivity (Wildman–Crippen MR) is 67.0 cm³/mol. The zero-order valence-electron chi connectivity index (χ0n) is 10.9. The Balaban J connectivity index is 2.29. The van der Waals surface area contributed by atoms with Crippen molar-refractivity contribution in [1.29, 1.82) is 0 Å². The topological polar surface area (TPSA) is 38.9 Å². The molecular weight excluding hydrogens is 196 g/mol. The fourth-order valence-electron chi connectivity index (χ4n) is 3.15. The number of hydrogen-bond acceptors (Lipinski definition) is 2. The van der Waals surface area contributed by atoms with E-state index < -0.39 is 0 Å². The first kappa shape index (κ1) is 11.6. The van der Waals surface area contributed by atoms with Crippen LogP contribution in [-0.2, 0) is 0 Å². The summed E-state index contributed by atoms with van der Waals surface area (Å²) in [5.74, 6) is 0.544. The van der Waals surface area contributed by atoms with Crippen LogP contribution < -0.4 is 5.73 Å². The molecule has 88 valence electrons. The Morgan fingerprint density at radius 1 is 1.25 bits per heavy atom. The Hall–Kier alpha value is -0.890. The molecule has 16 heavy (non-hydrogen) atoms. The van der Waals surface area contributed by atoms with Crippen molar-refractivity contribution in [3.05, 3.63) is 29.6 Å². The SMILES string of the molecule is Cc1ccncc1C(N)C1C(C)(C)C1(C)C. The molecule has 1 saturated carbocycles. The Morgan fingerprint density at radius 2 is 1.81 bits per heavy atom. The van der Waals surface area contributed by atoms with Crippen LogP contribution in [0.25, 0.3) is 0 Å². The van der Waals surface area contributed by atoms with Gasteiger partial charge in [-0.05, 0) is 40.9 Å². The van der Waals surface area contributed by atoms with E-state index in [4.69, 9.17) is 5.73 Å². The Morgan fingerprint density at radius 3 is 2.25 bits per heavy atom. The molecule has 1 aliphatic carbocycles. The van der Waals surface area contributed by atoms with Gasteiger partial charge in [0.05, 0.1) is 0 Å². The summed E-state index contributed by atoms with van der Waals surface area (Å²) in [5, 5.41) is 0. The summed E-state index contributed by atoms with van der Waals surface area (Å²) in [6.07, 6.45) is 3.75. The van der Waals surface area contributed by atoms with Gasteiger partial charge in [0.15, 0.2) is 0 Å². The van der Waals surface area contributed by atoms with Crippen molar-refractivity contribution in [3.8, 4) is 0 Å². The second-order valence-electron chi connectivity index (χ2n) is 6.18. The first-order chi connectivity index (χ1) is 7.30. The van der Waals surface area contributed by atoms with Gasteiger partial charge in [-0.3, -0.25) is 4.98 Å². The lowest BCUT2D eigenvalue weighted by atomic mass is 9.96. The fourth-order valence-corrected chi connectivity index (χ4v) is 3.15. The van der Waals surface area contributed by atoms with E-state index in [2.05, 4.69) is 39.6 Å². The molecule has 1 fully saturated rings. The number of nitrogens with zero attached hydrogens (tertiary/aromatic N) is 1. The van der Waals surface area contributed by atoms with Gasteiger partial charge in [-0.1, -0.05) is 27.7 Å². The third-order valence-electron chi connectivity index (χ3n) is 4.93. The molecule has 0 saturated heterocycles. The maximum Gasteiger partial charge on any atom is 0.0352 e. The van der Waals surface area contributed by atoms with Crippen molar-refractivity contribution >= 4 is 0 Å². The zero-order chi connectivity index (χ0) is 12.1. The minimum Gasteiger partial charge on any atom is -0.324 e. The summed E-state index contributed by atoms with van der Waals surface area (Å²) in [7, 11) is 0. The van der Waals surface area contributed by atoms with E-state index >= 15 is 0 Å². The normalized spacial score (nSPS) is 24.1. The summed E-state index contributed by atoms with van der Waals surface area (Å²) in [4.78, 5) is 4.19. The van der Waals surface area contributed by atoms with Crippen molar-refractivity contribution in [2.24, 2.45) is 22.5 Å². The minimum absolute atomic E-state index is 0.110. The second kappa shape index (κ2) is 3.30. The quantitative estimate of drug-likeness (QED) is 0.828. The molecule has 1 heterocycles. The summed E-state index contributed by atoms with van der Waals surface area (Å²) in [6, 6.07) is 2.15. The molecule has 1 aromatic rings. The Labute approximate surface area is 98.3 Å². The second-order valence-corrected chi connectivity index (χ2v) is 6.18. The van der Waals surface area contributed by atoms with Gasteiger partial charge in [0, 0.05) is 18.4 Å². The highest BCUT2D eigenvalue weighted by atomic mass is 14.8. The number of aryl methyl sites for hydroxylation is 1. The van der Waals surface area contributed by atoms with Crippen LogP contribution in [0, 0.1) is 23.7 Å². The molecule has 1 aliphatic rings. The highest BCUT2D eigenvalue weighted by molar-refractivity contribution is 5.30. The van der Waals surface area contributed by atoms with Gasteiger partial charge in [0.1, 0.15) is 0 Å². The van der Waals surface area contributed by atoms with E-state index in [1.807, 2.05) is 18.5 Å². The van der Waals surface area contributed by atoms with Crippen LogP contribution in [0.4, 0.5) is 0 Å². The Kier molecular flexibility index (Phi) is 2.39. The van der Waals surface area contributed by atoms with Gasteiger partial charge in [-0.2, -0.15) is 0 Å². The highest BCUT2D eigenvalue weighted by Gasteiger charge is 2.66. The summed E-state index contributed by atoms with van der Waals surface area (Å²) in [5.41, 5.74) is 9.52. The molecule has 0 aliphatic heterocycles. The molecule has 0 aromatic carbocycles. The molecule has 2 nitrogen and oxygen atoms in total. The van der Waals surface area contributed by atoms with Gasteiger partial charge in [-0.15, -0.1) is 0 Å². The number of aromatic nitrogens is 1. The van der Waals surface area contributed by atoms with E-state index in [1.165, 1.54) is 11.1 Å². The fraction of sp³-hybridized carbons (Fsp3) is 0.643. The molecule has 0 radical (unpaired) electrons. The van der Waals surface area contributed by atoms with Gasteiger partial charge in [0.25, 0.3) is 0 Å². The number of pyridine rings is 1. The van der Waals surface area contributed by atoms with Crippen molar-refractivity contribution in [2.75, 3.05) is 0 Å². The Bertz CT molecular complexity index is 393. The van der Waals surface area contributed by atoms with Crippen LogP contribution in [0.1, 0.15) is 44.9 Å². The number of rotatable bonds is 2. The van der Waals surface area contributed by atoms with Gasteiger partial charge >= 0.3 is 0 Å². The van der Waals surface area contributed by atoms with E-state index in [9.17, 15) is 0 Å². The third kappa shape index (κ3) is 1.40. The van der Waals surface area contributed by atoms with Gasteiger partial charge in [-0.25, -0.2) is 0 Å². The average molecular weight is 218 g/mol. The lowest BCUT2D eigenvalue weighted by molar-refractivity contribution is 0.457. The summed E-state index contributed by atoms with van der Waals surface area (Å²) in [6.45, 7) is 11.3. The lowest BCUT2D eigenvalue weighted by Gasteiger charge is -2.16. The van der Waals surface area contributed by atoms with Crippen LogP contribution >= 0.6 is 0 Å². The summed E-state index contributed by atoms with van der Waals surface area (Å²) < 4.78 is 0. The van der Waals surface area contributed by atoms with Crippen LogP contribution in [0.15, 0.2) is 18.5 Å². The molecule has 1 unspecified atom stereocenters. The smallest absolute Gasteiger partial charge is 0.0352 e. The molecule has 1 atom stereocenters. The predicted octanol–water partition coefficient (Wildman–Crippen LogP) is 3.07. The number of nitrogens with two attached hydrogens (primary N) is 1. The first-order valence-electron chi connectivity index (χ1n) is 5.96. The summed E-state index contributed by atoms with van der Waals surface area (Å²) >= 11 is 0. The van der Waals surface area contributed by atoms with E-state index in [-0.39, 0.29) is 6.04 Å². The van der Waals surface area contributed by atoms with Crippen molar-refractivity contribution in [3.63, 3.8) is 0 Å². The average Bonchev–Trinajstić information content (AvgIpc) is 2.57. The minimum atomic E-state index is 0.110. The first-order valence-corrected chi connectivity index (χ1v) is 5.96. The molecule has 2 heteroatoms. The molecular formula is C14H22N2. The molecule has 1 aromatic heterocycles. The van der Waals surface area contributed by atoms with Crippen molar-refractivity contribution < 1.29 is 0 Å². The molecule has 2 N–H and O–H groups in total. The van der Waals surface area contributed by atoms with E-state index in [0.717, 1.165) is 0 Å². The van der Waals surface area contributed by atoms with Crippen molar-refractivity contribution in [1.82, 2.24) is 4.98 Å². The monoisotopic (exact) mass is 218 g/mol. The van der Waals surface area contributed by atoms with Crippen LogP contribution in [0.2, 0.25) is 0 Å². The van der Waals surface area contributed by atoms with E-state index in [0.29, 0.717) is 16.7 Å². The van der Waals surface area contributed by atoms with Gasteiger partial charge < -0.3 is 5.73 Å². The van der Waals surface area contributed by atoms with Crippen LogP contribution in [0.3, 0.4) is 0 Å². The standard InChI is InChI=1S/C14H22N2/c1-9-6-7-16-8-10(9)11(15)12-13(2,3)14(12,4)5/h6-8,11-12H,15H2,1-5H3. The molecule has 0 spiro atoms. The molecule has 2 rings (SSSR count). The number of hydrogen-bond donors (Lipinski definition) is 1. The largest absolute Gasteiger partial charge is 0.324 e. The maximum atomic E-state index is 6.41. The van der Waals surface area contributed by atoms with Crippen LogP contribution in [-0.4, -0.2) is 4.98 Å². The molecule has 0 amide bonds. The third-order valence-corrected chi connectivity index (χ3v) is 4.93. The highest BCUT2D eigenvalue weighted by Crippen LogP contribution is 2.71.